The molecule has 1 heterocycles. The lowest BCUT2D eigenvalue weighted by molar-refractivity contribution is -0.153. The van der Waals surface area contributed by atoms with Crippen molar-refractivity contribution in [3.8, 4) is 0 Å². The summed E-state index contributed by atoms with van der Waals surface area (Å²) in [5.74, 6) is 1.29. The van der Waals surface area contributed by atoms with Gasteiger partial charge >= 0.3 is 11.9 Å². The number of carbonyl (C=O) groups is 2. The molecule has 0 radical (unpaired) electrons. The van der Waals surface area contributed by atoms with Crippen molar-refractivity contribution in [1.29, 1.82) is 0 Å². The molecule has 0 spiro atoms. The average molecular weight is 322 g/mol. The van der Waals surface area contributed by atoms with E-state index in [1.165, 1.54) is 31.3 Å². The van der Waals surface area contributed by atoms with Crippen molar-refractivity contribution >= 4 is 11.9 Å². The third kappa shape index (κ3) is 8.34. The van der Waals surface area contributed by atoms with E-state index < -0.39 is 0 Å². The van der Waals surface area contributed by atoms with Crippen LogP contribution in [0.4, 0.5) is 0 Å². The van der Waals surface area contributed by atoms with Crippen molar-refractivity contribution in [3.05, 3.63) is 11.6 Å². The summed E-state index contributed by atoms with van der Waals surface area (Å²) in [5, 5.41) is 0. The summed E-state index contributed by atoms with van der Waals surface area (Å²) in [6, 6.07) is 0. The van der Waals surface area contributed by atoms with E-state index in [9.17, 15) is 9.59 Å². The van der Waals surface area contributed by atoms with E-state index in [-0.39, 0.29) is 24.3 Å². The Hall–Kier alpha value is -1.12. The van der Waals surface area contributed by atoms with Crippen LogP contribution in [0.2, 0.25) is 0 Å². The van der Waals surface area contributed by atoms with Crippen molar-refractivity contribution < 1.29 is 14.3 Å². The SMILES string of the molecule is CC(=CCC(C)CCC(C)CCC(C)C)CC1CC(=O)OC1=O. The van der Waals surface area contributed by atoms with Gasteiger partial charge in [-0.25, -0.2) is 0 Å². The summed E-state index contributed by atoms with van der Waals surface area (Å²) in [6.07, 6.45) is 9.39. The van der Waals surface area contributed by atoms with Gasteiger partial charge in [0.05, 0.1) is 12.3 Å². The summed E-state index contributed by atoms with van der Waals surface area (Å²) >= 11 is 0. The smallest absolute Gasteiger partial charge is 0.317 e. The summed E-state index contributed by atoms with van der Waals surface area (Å²) in [6.45, 7) is 11.3. The van der Waals surface area contributed by atoms with Crippen molar-refractivity contribution in [2.45, 2.75) is 79.6 Å². The first kappa shape index (κ1) is 19.9. The molecule has 132 valence electrons. The van der Waals surface area contributed by atoms with Crippen LogP contribution in [0.1, 0.15) is 79.6 Å². The molecule has 3 heteroatoms. The first-order chi connectivity index (χ1) is 10.8. The second-order valence-electron chi connectivity index (χ2n) is 7.94. The number of hydrogen-bond donors (Lipinski definition) is 0. The maximum atomic E-state index is 11.5. The lowest BCUT2D eigenvalue weighted by Crippen LogP contribution is -2.08. The number of allylic oxidation sites excluding steroid dienone is 2. The fourth-order valence-electron chi connectivity index (χ4n) is 3.00. The highest BCUT2D eigenvalue weighted by Crippen LogP contribution is 2.25. The highest BCUT2D eigenvalue weighted by atomic mass is 16.6. The zero-order valence-electron chi connectivity index (χ0n) is 15.6. The van der Waals surface area contributed by atoms with Gasteiger partial charge in [-0.1, -0.05) is 65.0 Å². The van der Waals surface area contributed by atoms with Crippen LogP contribution >= 0.6 is 0 Å². The number of ether oxygens (including phenoxy) is 1. The van der Waals surface area contributed by atoms with Crippen LogP contribution in [0.15, 0.2) is 11.6 Å². The molecule has 3 atom stereocenters. The van der Waals surface area contributed by atoms with Crippen LogP contribution in [-0.2, 0) is 14.3 Å². The Bertz CT molecular complexity index is 423. The molecule has 1 saturated heterocycles. The van der Waals surface area contributed by atoms with Gasteiger partial charge in [-0.15, -0.1) is 0 Å². The van der Waals surface area contributed by atoms with Gasteiger partial charge in [0.15, 0.2) is 0 Å². The average Bonchev–Trinajstić information content (AvgIpc) is 2.78. The lowest BCUT2D eigenvalue weighted by atomic mass is 9.90. The zero-order valence-corrected chi connectivity index (χ0v) is 15.6. The first-order valence-electron chi connectivity index (χ1n) is 9.18. The molecule has 0 aliphatic carbocycles. The third-order valence-corrected chi connectivity index (χ3v) is 4.79. The van der Waals surface area contributed by atoms with Crippen LogP contribution < -0.4 is 0 Å². The van der Waals surface area contributed by atoms with Crippen LogP contribution in [0.5, 0.6) is 0 Å². The van der Waals surface area contributed by atoms with Crippen LogP contribution in [0, 0.1) is 23.7 Å². The summed E-state index contributed by atoms with van der Waals surface area (Å²) < 4.78 is 4.60. The monoisotopic (exact) mass is 322 g/mol. The predicted octanol–water partition coefficient (Wildman–Crippen LogP) is 5.29. The molecule has 3 nitrogen and oxygen atoms in total. The molecule has 3 unspecified atom stereocenters. The van der Waals surface area contributed by atoms with Crippen LogP contribution in [0.25, 0.3) is 0 Å². The quantitative estimate of drug-likeness (QED) is 0.312. The van der Waals surface area contributed by atoms with E-state index >= 15 is 0 Å². The Balaban J connectivity index is 2.24. The molecule has 0 aromatic carbocycles. The van der Waals surface area contributed by atoms with Crippen LogP contribution in [0.3, 0.4) is 0 Å². The molecule has 0 N–H and O–H groups in total. The molecule has 0 amide bonds. The highest BCUT2D eigenvalue weighted by Gasteiger charge is 2.33. The van der Waals surface area contributed by atoms with Gasteiger partial charge in [-0.3, -0.25) is 9.59 Å². The summed E-state index contributed by atoms with van der Waals surface area (Å²) in [4.78, 5) is 22.6. The minimum absolute atomic E-state index is 0.243. The molecular weight excluding hydrogens is 288 g/mol. The highest BCUT2D eigenvalue weighted by molar-refractivity contribution is 5.94. The minimum Gasteiger partial charge on any atom is -0.393 e. The number of cyclic esters (lactones) is 2. The van der Waals surface area contributed by atoms with E-state index in [1.807, 2.05) is 6.92 Å². The van der Waals surface area contributed by atoms with E-state index in [2.05, 4.69) is 38.5 Å². The maximum Gasteiger partial charge on any atom is 0.317 e. The minimum atomic E-state index is -0.378. The van der Waals surface area contributed by atoms with Gasteiger partial charge in [0.1, 0.15) is 0 Å². The van der Waals surface area contributed by atoms with Crippen molar-refractivity contribution in [1.82, 2.24) is 0 Å². The van der Waals surface area contributed by atoms with Crippen molar-refractivity contribution in [2.24, 2.45) is 23.7 Å². The number of rotatable bonds is 10. The lowest BCUT2D eigenvalue weighted by Gasteiger charge is -2.16. The largest absolute Gasteiger partial charge is 0.393 e. The Morgan fingerprint density at radius 1 is 1.09 bits per heavy atom. The van der Waals surface area contributed by atoms with Gasteiger partial charge in [0.2, 0.25) is 0 Å². The second kappa shape index (κ2) is 9.89. The summed E-state index contributed by atoms with van der Waals surface area (Å²) in [7, 11) is 0. The number of hydrogen-bond acceptors (Lipinski definition) is 3. The Kier molecular flexibility index (Phi) is 8.57. The molecule has 0 aromatic heterocycles. The van der Waals surface area contributed by atoms with Gasteiger partial charge in [-0.05, 0) is 37.5 Å². The van der Waals surface area contributed by atoms with Crippen molar-refractivity contribution in [3.63, 3.8) is 0 Å². The molecule has 1 rings (SSSR count). The molecule has 1 fully saturated rings. The van der Waals surface area contributed by atoms with Crippen molar-refractivity contribution in [2.75, 3.05) is 0 Å². The topological polar surface area (TPSA) is 43.4 Å². The van der Waals surface area contributed by atoms with E-state index in [0.29, 0.717) is 12.3 Å². The molecule has 0 saturated carbocycles. The maximum absolute atomic E-state index is 11.5. The van der Waals surface area contributed by atoms with Gasteiger partial charge in [0.25, 0.3) is 0 Å². The number of esters is 2. The molecule has 1 aliphatic rings. The van der Waals surface area contributed by atoms with Gasteiger partial charge in [0, 0.05) is 0 Å². The van der Waals surface area contributed by atoms with Gasteiger partial charge < -0.3 is 4.74 Å². The van der Waals surface area contributed by atoms with E-state index in [0.717, 1.165) is 18.3 Å². The predicted molar refractivity (Wildman–Crippen MR) is 93.8 cm³/mol. The Labute approximate surface area is 141 Å². The molecule has 0 aromatic rings. The molecule has 1 aliphatic heterocycles. The second-order valence-corrected chi connectivity index (χ2v) is 7.94. The Morgan fingerprint density at radius 3 is 2.26 bits per heavy atom. The normalized spacial score (nSPS) is 21.7. The van der Waals surface area contributed by atoms with Crippen LogP contribution in [-0.4, -0.2) is 11.9 Å². The molecule has 23 heavy (non-hydrogen) atoms. The van der Waals surface area contributed by atoms with E-state index in [1.54, 1.807) is 0 Å². The summed E-state index contributed by atoms with van der Waals surface area (Å²) in [5.41, 5.74) is 1.20. The number of carbonyl (C=O) groups excluding carboxylic acids is 2. The first-order valence-corrected chi connectivity index (χ1v) is 9.18. The fraction of sp³-hybridized carbons (Fsp3) is 0.800. The Morgan fingerprint density at radius 2 is 1.70 bits per heavy atom. The standard InChI is InChI=1S/C20H34O3/c1-14(2)6-7-15(3)8-9-16(4)10-11-17(5)12-18-13-19(21)23-20(18)22/h11,14-16,18H,6-10,12-13H2,1-5H3. The molecular formula is C20H34O3. The van der Waals surface area contributed by atoms with E-state index in [4.69, 9.17) is 0 Å². The zero-order chi connectivity index (χ0) is 17.4. The fourth-order valence-corrected chi connectivity index (χ4v) is 3.00. The molecule has 0 bridgehead atoms. The third-order valence-electron chi connectivity index (χ3n) is 4.79. The van der Waals surface area contributed by atoms with Gasteiger partial charge in [-0.2, -0.15) is 0 Å².